The number of rotatable bonds is 5. The second-order valence-corrected chi connectivity index (χ2v) is 6.44. The average Bonchev–Trinajstić information content (AvgIpc) is 3.32. The van der Waals surface area contributed by atoms with E-state index >= 15 is 0 Å². The Hall–Kier alpha value is -2.53. The fourth-order valence-electron chi connectivity index (χ4n) is 3.61. The molecular formula is C20H23N5. The molecule has 0 amide bonds. The zero-order chi connectivity index (χ0) is 17.1. The van der Waals surface area contributed by atoms with E-state index in [0.29, 0.717) is 6.04 Å². The van der Waals surface area contributed by atoms with Crippen LogP contribution in [0, 0.1) is 0 Å². The van der Waals surface area contributed by atoms with Crippen molar-refractivity contribution in [2.45, 2.75) is 38.8 Å². The van der Waals surface area contributed by atoms with Crippen LogP contribution < -0.4 is 0 Å². The molecule has 4 heterocycles. The molecule has 1 atom stereocenters. The van der Waals surface area contributed by atoms with Crippen LogP contribution >= 0.6 is 0 Å². The van der Waals surface area contributed by atoms with Crippen LogP contribution in [0.1, 0.15) is 43.0 Å². The van der Waals surface area contributed by atoms with Crippen molar-refractivity contribution in [2.75, 3.05) is 6.54 Å². The molecule has 0 N–H and O–H groups in total. The van der Waals surface area contributed by atoms with E-state index in [9.17, 15) is 0 Å². The number of aromatic nitrogens is 4. The van der Waals surface area contributed by atoms with Gasteiger partial charge in [-0.25, -0.2) is 9.97 Å². The molecule has 1 saturated heterocycles. The first-order chi connectivity index (χ1) is 12.3. The summed E-state index contributed by atoms with van der Waals surface area (Å²) in [5.41, 5.74) is 2.26. The molecule has 0 unspecified atom stereocenters. The molecule has 1 fully saturated rings. The van der Waals surface area contributed by atoms with Gasteiger partial charge in [0, 0.05) is 31.6 Å². The molecular weight excluding hydrogens is 310 g/mol. The molecule has 25 heavy (non-hydrogen) atoms. The van der Waals surface area contributed by atoms with Crippen LogP contribution in [0.3, 0.4) is 0 Å². The lowest BCUT2D eigenvalue weighted by molar-refractivity contribution is 0.241. The molecule has 5 nitrogen and oxygen atoms in total. The molecule has 0 radical (unpaired) electrons. The number of hydrogen-bond acceptors (Lipinski definition) is 4. The van der Waals surface area contributed by atoms with E-state index in [1.54, 1.807) is 0 Å². The lowest BCUT2D eigenvalue weighted by Crippen LogP contribution is -2.24. The third kappa shape index (κ3) is 3.33. The molecule has 0 aliphatic carbocycles. The minimum Gasteiger partial charge on any atom is -0.289 e. The fraction of sp³-hybridized carbons (Fsp3) is 0.350. The first kappa shape index (κ1) is 16.0. The molecule has 4 rings (SSSR count). The van der Waals surface area contributed by atoms with Crippen LogP contribution in [0.25, 0.3) is 5.82 Å². The Morgan fingerprint density at radius 1 is 1.08 bits per heavy atom. The standard InChI is InChI=1S/C20H23N5/c1-2-19-22-12-14-25(19)20-10-5-8-17(23-20)18-9-6-13-24(18)15-16-7-3-4-11-21-16/h3-5,7-8,10-12,14,18H,2,6,9,13,15H2,1H3/t18-/m1/s1. The highest BCUT2D eigenvalue weighted by atomic mass is 15.2. The van der Waals surface area contributed by atoms with Gasteiger partial charge in [-0.3, -0.25) is 14.5 Å². The highest BCUT2D eigenvalue weighted by Crippen LogP contribution is 2.32. The maximum absolute atomic E-state index is 4.96. The third-order valence-electron chi connectivity index (χ3n) is 4.83. The van der Waals surface area contributed by atoms with E-state index in [2.05, 4.69) is 56.7 Å². The van der Waals surface area contributed by atoms with Crippen LogP contribution in [-0.2, 0) is 13.0 Å². The quantitative estimate of drug-likeness (QED) is 0.716. The monoisotopic (exact) mass is 333 g/mol. The summed E-state index contributed by atoms with van der Waals surface area (Å²) in [6, 6.07) is 12.8. The summed E-state index contributed by atoms with van der Waals surface area (Å²) in [4.78, 5) is 16.3. The predicted molar refractivity (Wildman–Crippen MR) is 97.4 cm³/mol. The number of pyridine rings is 2. The highest BCUT2D eigenvalue weighted by molar-refractivity contribution is 5.28. The molecule has 3 aromatic rings. The van der Waals surface area contributed by atoms with Crippen LogP contribution in [0.15, 0.2) is 55.0 Å². The van der Waals surface area contributed by atoms with Gasteiger partial charge in [0.15, 0.2) is 0 Å². The summed E-state index contributed by atoms with van der Waals surface area (Å²) in [5, 5.41) is 0. The number of nitrogens with zero attached hydrogens (tertiary/aromatic N) is 5. The van der Waals surface area contributed by atoms with Crippen LogP contribution in [0.2, 0.25) is 0 Å². The average molecular weight is 333 g/mol. The Labute approximate surface area is 148 Å². The second-order valence-electron chi connectivity index (χ2n) is 6.44. The van der Waals surface area contributed by atoms with Crippen molar-refractivity contribution in [1.82, 2.24) is 24.4 Å². The number of imidazole rings is 1. The van der Waals surface area contributed by atoms with Crippen LogP contribution in [-0.4, -0.2) is 31.0 Å². The van der Waals surface area contributed by atoms with Crippen molar-refractivity contribution in [3.63, 3.8) is 0 Å². The summed E-state index contributed by atoms with van der Waals surface area (Å²) < 4.78 is 2.08. The van der Waals surface area contributed by atoms with Crippen LogP contribution in [0.4, 0.5) is 0 Å². The van der Waals surface area contributed by atoms with Gasteiger partial charge in [-0.2, -0.15) is 0 Å². The lowest BCUT2D eigenvalue weighted by atomic mass is 10.1. The largest absolute Gasteiger partial charge is 0.289 e. The third-order valence-corrected chi connectivity index (χ3v) is 4.83. The topological polar surface area (TPSA) is 46.8 Å². The Morgan fingerprint density at radius 3 is 2.88 bits per heavy atom. The minimum atomic E-state index is 0.357. The van der Waals surface area contributed by atoms with Gasteiger partial charge in [-0.1, -0.05) is 19.1 Å². The summed E-state index contributed by atoms with van der Waals surface area (Å²) in [6.45, 7) is 4.09. The SMILES string of the molecule is CCc1nccn1-c1cccc([C@H]2CCCN2Cc2ccccn2)n1. The van der Waals surface area contributed by atoms with Gasteiger partial charge >= 0.3 is 0 Å². The van der Waals surface area contributed by atoms with Gasteiger partial charge in [0.05, 0.1) is 17.4 Å². The molecule has 0 saturated carbocycles. The van der Waals surface area contributed by atoms with E-state index < -0.39 is 0 Å². The number of likely N-dealkylation sites (tertiary alicyclic amines) is 1. The zero-order valence-corrected chi connectivity index (χ0v) is 14.5. The number of hydrogen-bond donors (Lipinski definition) is 0. The minimum absolute atomic E-state index is 0.357. The zero-order valence-electron chi connectivity index (χ0n) is 14.5. The normalized spacial score (nSPS) is 17.9. The highest BCUT2D eigenvalue weighted by Gasteiger charge is 2.27. The molecule has 0 aromatic carbocycles. The van der Waals surface area contributed by atoms with E-state index in [1.165, 1.54) is 6.42 Å². The van der Waals surface area contributed by atoms with Crippen molar-refractivity contribution in [1.29, 1.82) is 0 Å². The van der Waals surface area contributed by atoms with Crippen molar-refractivity contribution in [3.8, 4) is 5.82 Å². The van der Waals surface area contributed by atoms with Gasteiger partial charge in [0.2, 0.25) is 0 Å². The Morgan fingerprint density at radius 2 is 2.04 bits per heavy atom. The van der Waals surface area contributed by atoms with E-state index in [4.69, 9.17) is 4.98 Å². The molecule has 0 spiro atoms. The molecule has 1 aliphatic rings. The summed E-state index contributed by atoms with van der Waals surface area (Å²) >= 11 is 0. The lowest BCUT2D eigenvalue weighted by Gasteiger charge is -2.24. The fourth-order valence-corrected chi connectivity index (χ4v) is 3.61. The van der Waals surface area contributed by atoms with Crippen molar-refractivity contribution < 1.29 is 0 Å². The van der Waals surface area contributed by atoms with Gasteiger partial charge < -0.3 is 0 Å². The van der Waals surface area contributed by atoms with Gasteiger partial charge in [-0.05, 0) is 43.7 Å². The van der Waals surface area contributed by atoms with Crippen molar-refractivity contribution >= 4 is 0 Å². The maximum Gasteiger partial charge on any atom is 0.138 e. The number of aryl methyl sites for hydroxylation is 1. The first-order valence-corrected chi connectivity index (χ1v) is 8.98. The Bertz CT molecular complexity index is 827. The molecule has 5 heteroatoms. The molecule has 1 aliphatic heterocycles. The summed E-state index contributed by atoms with van der Waals surface area (Å²) in [5.74, 6) is 2.00. The predicted octanol–water partition coefficient (Wildman–Crippen LogP) is 3.56. The molecule has 128 valence electrons. The van der Waals surface area contributed by atoms with Gasteiger partial charge in [0.25, 0.3) is 0 Å². The summed E-state index contributed by atoms with van der Waals surface area (Å²) in [6.07, 6.45) is 8.95. The Balaban J connectivity index is 1.59. The first-order valence-electron chi connectivity index (χ1n) is 8.98. The van der Waals surface area contributed by atoms with Crippen molar-refractivity contribution in [3.05, 3.63) is 72.2 Å². The smallest absolute Gasteiger partial charge is 0.138 e. The van der Waals surface area contributed by atoms with E-state index in [0.717, 1.165) is 49.0 Å². The van der Waals surface area contributed by atoms with Crippen LogP contribution in [0.5, 0.6) is 0 Å². The molecule has 0 bridgehead atoms. The Kier molecular flexibility index (Phi) is 4.57. The molecule has 3 aromatic heterocycles. The van der Waals surface area contributed by atoms with E-state index in [-0.39, 0.29) is 0 Å². The second kappa shape index (κ2) is 7.15. The van der Waals surface area contributed by atoms with Crippen molar-refractivity contribution in [2.24, 2.45) is 0 Å². The summed E-state index contributed by atoms with van der Waals surface area (Å²) in [7, 11) is 0. The maximum atomic E-state index is 4.96. The van der Waals surface area contributed by atoms with Gasteiger partial charge in [0.1, 0.15) is 11.6 Å². The van der Waals surface area contributed by atoms with E-state index in [1.807, 2.05) is 24.7 Å². The van der Waals surface area contributed by atoms with Gasteiger partial charge in [-0.15, -0.1) is 0 Å².